The number of rotatable bonds is 5. The first-order valence-electron chi connectivity index (χ1n) is 8.29. The van der Waals surface area contributed by atoms with E-state index >= 15 is 0 Å². The summed E-state index contributed by atoms with van der Waals surface area (Å²) in [6.45, 7) is 1.37. The van der Waals surface area contributed by atoms with Crippen molar-refractivity contribution in [3.63, 3.8) is 0 Å². The van der Waals surface area contributed by atoms with Gasteiger partial charge in [-0.15, -0.1) is 12.4 Å². The molecule has 0 spiro atoms. The minimum absolute atomic E-state index is 0. The van der Waals surface area contributed by atoms with Gasteiger partial charge >= 0.3 is 0 Å². The van der Waals surface area contributed by atoms with Gasteiger partial charge in [0.1, 0.15) is 0 Å². The highest BCUT2D eigenvalue weighted by molar-refractivity contribution is 5.95. The minimum Gasteiger partial charge on any atom is -0.381 e. The maximum absolute atomic E-state index is 12.3. The summed E-state index contributed by atoms with van der Waals surface area (Å²) in [6, 6.07) is 17.1. The number of ether oxygens (including phenoxy) is 1. The Morgan fingerprint density at radius 2 is 1.52 bits per heavy atom. The quantitative estimate of drug-likeness (QED) is 0.761. The molecule has 0 radical (unpaired) electrons. The van der Waals surface area contributed by atoms with E-state index in [-0.39, 0.29) is 24.2 Å². The van der Waals surface area contributed by atoms with Gasteiger partial charge in [-0.05, 0) is 55.2 Å². The van der Waals surface area contributed by atoms with Crippen molar-refractivity contribution < 1.29 is 9.53 Å². The van der Waals surface area contributed by atoms with E-state index in [2.05, 4.69) is 10.6 Å². The Bertz CT molecular complexity index is 658. The second-order valence-corrected chi connectivity index (χ2v) is 6.03. The van der Waals surface area contributed by atoms with Crippen LogP contribution in [0.4, 0.5) is 17.1 Å². The highest BCUT2D eigenvalue weighted by Crippen LogP contribution is 2.21. The zero-order valence-electron chi connectivity index (χ0n) is 14.0. The molecule has 5 nitrogen and oxygen atoms in total. The molecule has 1 atom stereocenters. The molecule has 2 aromatic carbocycles. The molecule has 1 amide bonds. The Kier molecular flexibility index (Phi) is 7.25. The molecule has 0 aromatic heterocycles. The second-order valence-electron chi connectivity index (χ2n) is 6.03. The van der Waals surface area contributed by atoms with Crippen LogP contribution in [-0.2, 0) is 9.53 Å². The topological polar surface area (TPSA) is 76.4 Å². The van der Waals surface area contributed by atoms with Crippen LogP contribution in [0.1, 0.15) is 12.8 Å². The minimum atomic E-state index is -0.490. The van der Waals surface area contributed by atoms with Crippen LogP contribution >= 0.6 is 12.4 Å². The fourth-order valence-corrected chi connectivity index (χ4v) is 2.84. The first kappa shape index (κ1) is 19.2. The lowest BCUT2D eigenvalue weighted by Gasteiger charge is -2.26. The Hall–Kier alpha value is -2.08. The van der Waals surface area contributed by atoms with Crippen molar-refractivity contribution in [3.05, 3.63) is 54.6 Å². The average molecular weight is 362 g/mol. The molecule has 25 heavy (non-hydrogen) atoms. The summed E-state index contributed by atoms with van der Waals surface area (Å²) in [7, 11) is 0. The van der Waals surface area contributed by atoms with Crippen LogP contribution in [0.2, 0.25) is 0 Å². The molecule has 4 N–H and O–H groups in total. The number of benzene rings is 2. The summed E-state index contributed by atoms with van der Waals surface area (Å²) in [6.07, 6.45) is 1.68. The summed E-state index contributed by atoms with van der Waals surface area (Å²) >= 11 is 0. The molecule has 1 heterocycles. The summed E-state index contributed by atoms with van der Waals surface area (Å²) in [5.74, 6) is 0.0587. The molecular formula is C19H24ClN3O2. The predicted molar refractivity (Wildman–Crippen MR) is 104 cm³/mol. The molecule has 0 bridgehead atoms. The molecule has 0 aliphatic carbocycles. The van der Waals surface area contributed by atoms with Crippen LogP contribution in [-0.4, -0.2) is 25.2 Å². The number of para-hydroxylation sites is 1. The van der Waals surface area contributed by atoms with Crippen LogP contribution in [0.5, 0.6) is 0 Å². The monoisotopic (exact) mass is 361 g/mol. The molecular weight excluding hydrogens is 338 g/mol. The molecule has 6 heteroatoms. The van der Waals surface area contributed by atoms with Crippen molar-refractivity contribution in [1.82, 2.24) is 0 Å². The van der Waals surface area contributed by atoms with Gasteiger partial charge in [-0.25, -0.2) is 0 Å². The van der Waals surface area contributed by atoms with Gasteiger partial charge in [0.2, 0.25) is 5.91 Å². The lowest BCUT2D eigenvalue weighted by molar-refractivity contribution is -0.119. The Morgan fingerprint density at radius 3 is 2.16 bits per heavy atom. The highest BCUT2D eigenvalue weighted by atomic mass is 35.5. The van der Waals surface area contributed by atoms with Gasteiger partial charge in [0.05, 0.1) is 6.04 Å². The molecule has 1 aliphatic rings. The molecule has 1 fully saturated rings. The van der Waals surface area contributed by atoms with Gasteiger partial charge in [-0.3, -0.25) is 4.79 Å². The Morgan fingerprint density at radius 1 is 0.960 bits per heavy atom. The zero-order valence-corrected chi connectivity index (χ0v) is 14.8. The van der Waals surface area contributed by atoms with Crippen molar-refractivity contribution in [2.24, 2.45) is 11.7 Å². The normalized spacial score (nSPS) is 15.7. The number of amides is 1. The summed E-state index contributed by atoms with van der Waals surface area (Å²) in [5, 5.41) is 6.21. The maximum Gasteiger partial charge on any atom is 0.241 e. The first-order chi connectivity index (χ1) is 11.7. The Labute approximate surface area is 154 Å². The van der Waals surface area contributed by atoms with Crippen molar-refractivity contribution in [2.45, 2.75) is 18.9 Å². The van der Waals surface area contributed by atoms with Crippen LogP contribution < -0.4 is 16.4 Å². The Balaban J connectivity index is 0.00000225. The van der Waals surface area contributed by atoms with Crippen molar-refractivity contribution >= 4 is 35.4 Å². The fraction of sp³-hybridized carbons (Fsp3) is 0.316. The predicted octanol–water partition coefficient (Wildman–Crippen LogP) is 3.54. The standard InChI is InChI=1S/C19H23N3O2.ClH/c20-18(14-10-12-24-13-11-14)19(23)22-17-8-6-16(7-9-17)21-15-4-2-1-3-5-15;/h1-9,14,18,21H,10-13,20H2,(H,22,23);1H. The average Bonchev–Trinajstić information content (AvgIpc) is 2.64. The van der Waals surface area contributed by atoms with Gasteiger partial charge in [-0.1, -0.05) is 18.2 Å². The van der Waals surface area contributed by atoms with Gasteiger partial charge in [0.25, 0.3) is 0 Å². The molecule has 2 aromatic rings. The molecule has 134 valence electrons. The van der Waals surface area contributed by atoms with Gasteiger partial charge in [-0.2, -0.15) is 0 Å². The lowest BCUT2D eigenvalue weighted by Crippen LogP contribution is -2.43. The second kappa shape index (κ2) is 9.42. The molecule has 1 saturated heterocycles. The van der Waals surface area contributed by atoms with Crippen LogP contribution in [0.25, 0.3) is 0 Å². The van der Waals surface area contributed by atoms with E-state index in [0.29, 0.717) is 13.2 Å². The van der Waals surface area contributed by atoms with Gasteiger partial charge < -0.3 is 21.1 Å². The van der Waals surface area contributed by atoms with E-state index in [4.69, 9.17) is 10.5 Å². The third-order valence-electron chi connectivity index (χ3n) is 4.29. The molecule has 1 aliphatic heterocycles. The number of hydrogen-bond donors (Lipinski definition) is 3. The first-order valence-corrected chi connectivity index (χ1v) is 8.29. The fourth-order valence-electron chi connectivity index (χ4n) is 2.84. The zero-order chi connectivity index (χ0) is 16.8. The van der Waals surface area contributed by atoms with Crippen LogP contribution in [0.3, 0.4) is 0 Å². The van der Waals surface area contributed by atoms with E-state index in [9.17, 15) is 4.79 Å². The number of hydrogen-bond acceptors (Lipinski definition) is 4. The van der Waals surface area contributed by atoms with Crippen molar-refractivity contribution in [2.75, 3.05) is 23.8 Å². The SMILES string of the molecule is Cl.NC(C(=O)Nc1ccc(Nc2ccccc2)cc1)C1CCOCC1. The van der Waals surface area contributed by atoms with E-state index < -0.39 is 6.04 Å². The summed E-state index contributed by atoms with van der Waals surface area (Å²) in [4.78, 5) is 12.3. The van der Waals surface area contributed by atoms with E-state index in [1.165, 1.54) is 0 Å². The number of carbonyl (C=O) groups excluding carboxylic acids is 1. The summed E-state index contributed by atoms with van der Waals surface area (Å²) < 4.78 is 5.32. The van der Waals surface area contributed by atoms with Crippen LogP contribution in [0.15, 0.2) is 54.6 Å². The number of nitrogens with two attached hydrogens (primary N) is 1. The largest absolute Gasteiger partial charge is 0.381 e. The highest BCUT2D eigenvalue weighted by Gasteiger charge is 2.26. The number of halogens is 1. The number of nitrogens with one attached hydrogen (secondary N) is 2. The third kappa shape index (κ3) is 5.46. The van der Waals surface area contributed by atoms with Gasteiger partial charge in [0.15, 0.2) is 0 Å². The number of carbonyl (C=O) groups is 1. The summed E-state index contributed by atoms with van der Waals surface area (Å²) in [5.41, 5.74) is 8.83. The van der Waals surface area contributed by atoms with E-state index in [0.717, 1.165) is 29.9 Å². The lowest BCUT2D eigenvalue weighted by atomic mass is 9.92. The van der Waals surface area contributed by atoms with Crippen LogP contribution in [0, 0.1) is 5.92 Å². The number of anilines is 3. The molecule has 0 saturated carbocycles. The van der Waals surface area contributed by atoms with Gasteiger partial charge in [0, 0.05) is 30.3 Å². The van der Waals surface area contributed by atoms with E-state index in [1.807, 2.05) is 54.6 Å². The third-order valence-corrected chi connectivity index (χ3v) is 4.29. The smallest absolute Gasteiger partial charge is 0.241 e. The molecule has 1 unspecified atom stereocenters. The van der Waals surface area contributed by atoms with Crippen molar-refractivity contribution in [1.29, 1.82) is 0 Å². The molecule has 3 rings (SSSR count). The maximum atomic E-state index is 12.3. The van der Waals surface area contributed by atoms with Crippen molar-refractivity contribution in [3.8, 4) is 0 Å². The van der Waals surface area contributed by atoms with E-state index in [1.54, 1.807) is 0 Å².